The van der Waals surface area contributed by atoms with E-state index in [4.69, 9.17) is 34.8 Å². The summed E-state index contributed by atoms with van der Waals surface area (Å²) in [6, 6.07) is 4.88. The summed E-state index contributed by atoms with van der Waals surface area (Å²) in [5.41, 5.74) is 0.796. The van der Waals surface area contributed by atoms with E-state index < -0.39 is 0 Å². The van der Waals surface area contributed by atoms with Crippen LogP contribution in [0, 0.1) is 0 Å². The molecule has 0 aliphatic rings. The van der Waals surface area contributed by atoms with Gasteiger partial charge in [-0.3, -0.25) is 0 Å². The first kappa shape index (κ1) is 18.0. The number of hydrogen-bond acceptors (Lipinski definition) is 4. The van der Waals surface area contributed by atoms with Crippen LogP contribution in [-0.2, 0) is 6.42 Å². The van der Waals surface area contributed by atoms with E-state index in [2.05, 4.69) is 15.5 Å². The Morgan fingerprint density at radius 2 is 2.09 bits per heavy atom. The Labute approximate surface area is 149 Å². The predicted molar refractivity (Wildman–Crippen MR) is 90.5 cm³/mol. The third-order valence-electron chi connectivity index (χ3n) is 3.28. The molecule has 23 heavy (non-hydrogen) atoms. The minimum Gasteiger partial charge on any atom is -0.326 e. The third-order valence-corrected chi connectivity index (χ3v) is 4.14. The average molecular weight is 377 g/mol. The maximum Gasteiger partial charge on any atom is 0.347 e. The summed E-state index contributed by atoms with van der Waals surface area (Å²) in [4.78, 5) is 14.0. The number of carbonyl (C=O) groups excluding carboxylic acids is 1. The van der Waals surface area contributed by atoms with Gasteiger partial charge < -0.3 is 4.90 Å². The highest BCUT2D eigenvalue weighted by Crippen LogP contribution is 2.22. The third kappa shape index (κ3) is 4.80. The molecule has 0 radical (unpaired) electrons. The largest absolute Gasteiger partial charge is 0.347 e. The summed E-state index contributed by atoms with van der Waals surface area (Å²) in [7, 11) is 1.71. The van der Waals surface area contributed by atoms with Crippen LogP contribution in [0.1, 0.15) is 24.2 Å². The van der Waals surface area contributed by atoms with Crippen LogP contribution in [0.25, 0.3) is 0 Å². The number of hydrogen-bond donors (Lipinski definition) is 0. The van der Waals surface area contributed by atoms with E-state index in [1.54, 1.807) is 30.1 Å². The first-order valence-corrected chi connectivity index (χ1v) is 8.34. The fourth-order valence-corrected chi connectivity index (χ4v) is 2.66. The van der Waals surface area contributed by atoms with Crippen molar-refractivity contribution in [3.8, 4) is 0 Å². The van der Waals surface area contributed by atoms with E-state index in [9.17, 15) is 4.79 Å². The van der Waals surface area contributed by atoms with Crippen LogP contribution in [0.15, 0.2) is 18.2 Å². The molecule has 124 valence electrons. The maximum atomic E-state index is 12.4. The molecule has 0 N–H and O–H groups in total. The van der Waals surface area contributed by atoms with Gasteiger partial charge in [0, 0.05) is 35.9 Å². The van der Waals surface area contributed by atoms with Crippen molar-refractivity contribution >= 4 is 40.8 Å². The van der Waals surface area contributed by atoms with Crippen molar-refractivity contribution in [1.29, 1.82) is 0 Å². The van der Waals surface area contributed by atoms with Crippen LogP contribution in [0.5, 0.6) is 0 Å². The van der Waals surface area contributed by atoms with E-state index >= 15 is 0 Å². The second-order valence-corrected chi connectivity index (χ2v) is 6.24. The number of unbranched alkanes of at least 4 members (excludes halogenated alkanes) is 1. The van der Waals surface area contributed by atoms with Crippen molar-refractivity contribution < 1.29 is 4.79 Å². The zero-order valence-electron chi connectivity index (χ0n) is 12.5. The molecule has 0 fully saturated rings. The molecule has 2 rings (SSSR count). The second kappa shape index (κ2) is 8.47. The lowest BCUT2D eigenvalue weighted by molar-refractivity contribution is 0.205. The molecule has 0 unspecified atom stereocenters. The fraction of sp³-hybridized carbons (Fsp3) is 0.429. The molecule has 0 saturated carbocycles. The van der Waals surface area contributed by atoms with Gasteiger partial charge in [-0.25, -0.2) is 4.79 Å². The topological polar surface area (TPSA) is 63.9 Å². The molecule has 0 atom stereocenters. The molecule has 1 amide bonds. The molecular formula is C14H16Cl3N5O. The van der Waals surface area contributed by atoms with Gasteiger partial charge in [-0.05, 0) is 41.0 Å². The Morgan fingerprint density at radius 1 is 1.30 bits per heavy atom. The molecule has 9 heteroatoms. The molecule has 6 nitrogen and oxygen atoms in total. The van der Waals surface area contributed by atoms with Crippen LogP contribution in [0.4, 0.5) is 4.79 Å². The standard InChI is InChI=1S/C14H16Cl3N5O/c1-21(7-3-2-6-15)14(23)22-13(18-19-20-22)8-10-4-5-11(16)9-12(10)17/h4-5,9H,2-3,6-8H2,1H3. The Morgan fingerprint density at radius 3 is 2.78 bits per heavy atom. The number of amides is 1. The Bertz CT molecular complexity index is 676. The summed E-state index contributed by atoms with van der Waals surface area (Å²) < 4.78 is 1.19. The Balaban J connectivity index is 2.11. The molecule has 0 aliphatic carbocycles. The van der Waals surface area contributed by atoms with Gasteiger partial charge in [0.05, 0.1) is 0 Å². The monoisotopic (exact) mass is 375 g/mol. The summed E-state index contributed by atoms with van der Waals surface area (Å²) in [5, 5.41) is 12.3. The van der Waals surface area contributed by atoms with Gasteiger partial charge in [0.25, 0.3) is 0 Å². The normalized spacial score (nSPS) is 10.8. The van der Waals surface area contributed by atoms with E-state index in [1.165, 1.54) is 4.68 Å². The molecule has 0 aliphatic heterocycles. The SMILES string of the molecule is CN(CCCCCl)C(=O)n1nnnc1Cc1ccc(Cl)cc1Cl. The number of halogens is 3. The lowest BCUT2D eigenvalue weighted by atomic mass is 10.1. The number of rotatable bonds is 6. The van der Waals surface area contributed by atoms with Gasteiger partial charge in [0.15, 0.2) is 5.82 Å². The molecule has 1 heterocycles. The number of benzene rings is 1. The molecule has 1 aromatic carbocycles. The summed E-state index contributed by atoms with van der Waals surface area (Å²) in [5.74, 6) is 0.996. The minimum absolute atomic E-state index is 0.287. The van der Waals surface area contributed by atoms with E-state index in [0.717, 1.165) is 18.4 Å². The van der Waals surface area contributed by atoms with Gasteiger partial charge in [0.1, 0.15) is 0 Å². The minimum atomic E-state index is -0.287. The second-order valence-electron chi connectivity index (χ2n) is 5.02. The zero-order chi connectivity index (χ0) is 16.8. The Hall–Kier alpha value is -1.37. The fourth-order valence-electron chi connectivity index (χ4n) is 2.00. The molecule has 0 spiro atoms. The lowest BCUT2D eigenvalue weighted by Gasteiger charge is -2.16. The van der Waals surface area contributed by atoms with Gasteiger partial charge in [-0.2, -0.15) is 0 Å². The van der Waals surface area contributed by atoms with Crippen LogP contribution >= 0.6 is 34.8 Å². The molecular weight excluding hydrogens is 361 g/mol. The quantitative estimate of drug-likeness (QED) is 0.440. The van der Waals surface area contributed by atoms with Crippen molar-refractivity contribution in [1.82, 2.24) is 25.1 Å². The van der Waals surface area contributed by atoms with E-state index in [1.807, 2.05) is 0 Å². The molecule has 0 bridgehead atoms. The molecule has 1 aromatic heterocycles. The number of nitrogens with zero attached hydrogens (tertiary/aromatic N) is 5. The first-order chi connectivity index (χ1) is 11.0. The van der Waals surface area contributed by atoms with Crippen LogP contribution in [-0.4, -0.2) is 50.6 Å². The number of tetrazole rings is 1. The van der Waals surface area contributed by atoms with Crippen LogP contribution < -0.4 is 0 Å². The van der Waals surface area contributed by atoms with Crippen LogP contribution in [0.2, 0.25) is 10.0 Å². The highest BCUT2D eigenvalue weighted by atomic mass is 35.5. The molecule has 0 saturated heterocycles. The van der Waals surface area contributed by atoms with Gasteiger partial charge >= 0.3 is 6.03 Å². The number of alkyl halides is 1. The highest BCUT2D eigenvalue weighted by molar-refractivity contribution is 6.35. The molecule has 2 aromatic rings. The predicted octanol–water partition coefficient (Wildman–Crippen LogP) is 3.49. The van der Waals surface area contributed by atoms with Gasteiger partial charge in [0.2, 0.25) is 0 Å². The zero-order valence-corrected chi connectivity index (χ0v) is 14.8. The highest BCUT2D eigenvalue weighted by Gasteiger charge is 2.18. The average Bonchev–Trinajstić information content (AvgIpc) is 2.97. The van der Waals surface area contributed by atoms with Gasteiger partial charge in [-0.15, -0.1) is 21.4 Å². The summed E-state index contributed by atoms with van der Waals surface area (Å²) in [6.07, 6.45) is 2.01. The van der Waals surface area contributed by atoms with Gasteiger partial charge in [-0.1, -0.05) is 29.3 Å². The maximum absolute atomic E-state index is 12.4. The Kier molecular flexibility index (Phi) is 6.62. The van der Waals surface area contributed by atoms with Crippen molar-refractivity contribution in [3.05, 3.63) is 39.6 Å². The van der Waals surface area contributed by atoms with Crippen molar-refractivity contribution in [2.75, 3.05) is 19.5 Å². The van der Waals surface area contributed by atoms with Crippen molar-refractivity contribution in [2.45, 2.75) is 19.3 Å². The lowest BCUT2D eigenvalue weighted by Crippen LogP contribution is -2.34. The van der Waals surface area contributed by atoms with Crippen molar-refractivity contribution in [3.63, 3.8) is 0 Å². The van der Waals surface area contributed by atoms with Crippen molar-refractivity contribution in [2.24, 2.45) is 0 Å². The van der Waals surface area contributed by atoms with E-state index in [-0.39, 0.29) is 6.03 Å². The summed E-state index contributed by atoms with van der Waals surface area (Å²) in [6.45, 7) is 0.590. The first-order valence-electron chi connectivity index (χ1n) is 7.05. The smallest absolute Gasteiger partial charge is 0.326 e. The van der Waals surface area contributed by atoms with E-state index in [0.29, 0.717) is 34.7 Å². The number of aromatic nitrogens is 4. The summed E-state index contributed by atoms with van der Waals surface area (Å²) >= 11 is 17.7. The number of carbonyl (C=O) groups is 1. The van der Waals surface area contributed by atoms with Crippen LogP contribution in [0.3, 0.4) is 0 Å².